The van der Waals surface area contributed by atoms with Gasteiger partial charge < -0.3 is 15.2 Å². The molecule has 29 heavy (non-hydrogen) atoms. The number of carbonyl (C=O) groups is 3. The van der Waals surface area contributed by atoms with Crippen LogP contribution in [0.15, 0.2) is 41.8 Å². The maximum absolute atomic E-state index is 12.8. The van der Waals surface area contributed by atoms with E-state index in [1.807, 2.05) is 6.08 Å². The summed E-state index contributed by atoms with van der Waals surface area (Å²) in [4.78, 5) is 37.0. The quantitative estimate of drug-likeness (QED) is 0.501. The van der Waals surface area contributed by atoms with Crippen molar-refractivity contribution < 1.29 is 24.2 Å². The Kier molecular flexibility index (Phi) is 6.71. The third kappa shape index (κ3) is 4.68. The van der Waals surface area contributed by atoms with Crippen LogP contribution < -0.4 is 5.32 Å². The van der Waals surface area contributed by atoms with E-state index in [2.05, 4.69) is 5.32 Å². The minimum Gasteiger partial charge on any atom is -0.481 e. The number of nitrogens with one attached hydrogen (secondary N) is 1. The monoisotopic (exact) mass is 433 g/mol. The molecule has 1 aliphatic carbocycles. The molecular weight excluding hydrogens is 414 g/mol. The Morgan fingerprint density at radius 1 is 1.17 bits per heavy atom. The molecule has 3 rings (SSSR count). The largest absolute Gasteiger partial charge is 0.481 e. The van der Waals surface area contributed by atoms with Gasteiger partial charge in [-0.25, -0.2) is 4.79 Å². The van der Waals surface area contributed by atoms with Crippen molar-refractivity contribution in [2.45, 2.75) is 19.8 Å². The average Bonchev–Trinajstić information content (AvgIpc) is 3.12. The molecule has 0 fully saturated rings. The van der Waals surface area contributed by atoms with E-state index in [0.29, 0.717) is 28.4 Å². The van der Waals surface area contributed by atoms with E-state index in [4.69, 9.17) is 16.3 Å². The van der Waals surface area contributed by atoms with Gasteiger partial charge in [-0.15, -0.1) is 11.3 Å². The molecule has 2 atom stereocenters. The Hall–Kier alpha value is -2.64. The minimum atomic E-state index is -1.01. The van der Waals surface area contributed by atoms with Gasteiger partial charge in [-0.2, -0.15) is 0 Å². The minimum absolute atomic E-state index is 0.191. The predicted molar refractivity (Wildman–Crippen MR) is 112 cm³/mol. The van der Waals surface area contributed by atoms with Gasteiger partial charge in [0.2, 0.25) is 5.91 Å². The lowest BCUT2D eigenvalue weighted by molar-refractivity contribution is -0.146. The second-order valence-electron chi connectivity index (χ2n) is 6.56. The number of ether oxygens (including phenoxy) is 1. The third-order valence-electron chi connectivity index (χ3n) is 4.75. The van der Waals surface area contributed by atoms with Crippen molar-refractivity contribution >= 4 is 45.8 Å². The first-order valence-electron chi connectivity index (χ1n) is 9.15. The van der Waals surface area contributed by atoms with Crippen LogP contribution in [0, 0.1) is 11.8 Å². The van der Waals surface area contributed by atoms with Gasteiger partial charge in [0.05, 0.1) is 18.4 Å². The fraction of sp³-hybridized carbons (Fsp3) is 0.286. The summed E-state index contributed by atoms with van der Waals surface area (Å²) in [6.07, 6.45) is 4.23. The summed E-state index contributed by atoms with van der Waals surface area (Å²) in [5, 5.41) is 14.9. The average molecular weight is 434 g/mol. The molecular formula is C21H20ClNO5S. The molecule has 0 unspecified atom stereocenters. The predicted octanol–water partition coefficient (Wildman–Crippen LogP) is 4.85. The summed E-state index contributed by atoms with van der Waals surface area (Å²) in [5.41, 5.74) is 1.64. The van der Waals surface area contributed by atoms with Crippen molar-refractivity contribution in [3.05, 3.63) is 52.4 Å². The van der Waals surface area contributed by atoms with E-state index in [0.717, 1.165) is 5.56 Å². The summed E-state index contributed by atoms with van der Waals surface area (Å²) in [5.74, 6) is -3.47. The molecule has 1 aliphatic rings. The van der Waals surface area contributed by atoms with Gasteiger partial charge in [0.25, 0.3) is 0 Å². The van der Waals surface area contributed by atoms with Crippen molar-refractivity contribution in [2.75, 3.05) is 11.9 Å². The van der Waals surface area contributed by atoms with E-state index in [9.17, 15) is 19.5 Å². The highest BCUT2D eigenvalue weighted by Crippen LogP contribution is 2.37. The van der Waals surface area contributed by atoms with Crippen molar-refractivity contribution in [2.24, 2.45) is 11.8 Å². The first-order valence-corrected chi connectivity index (χ1v) is 10.4. The molecule has 0 spiro atoms. The van der Waals surface area contributed by atoms with Gasteiger partial charge >= 0.3 is 11.9 Å². The molecule has 1 aromatic carbocycles. The maximum Gasteiger partial charge on any atom is 0.341 e. The molecule has 1 heterocycles. The van der Waals surface area contributed by atoms with Crippen molar-refractivity contribution in [1.82, 2.24) is 0 Å². The number of benzene rings is 1. The molecule has 0 saturated carbocycles. The Labute approximate surface area is 177 Å². The SMILES string of the molecule is CCOC(=O)c1c(-c2ccc(Cl)cc2)csc1NC(=O)[C@@H]1CC=CC[C@@H]1C(=O)O. The molecule has 1 amide bonds. The van der Waals surface area contributed by atoms with Crippen LogP contribution in [0.1, 0.15) is 30.1 Å². The molecule has 0 aliphatic heterocycles. The van der Waals surface area contributed by atoms with Gasteiger partial charge in [-0.1, -0.05) is 35.9 Å². The zero-order valence-corrected chi connectivity index (χ0v) is 17.3. The van der Waals surface area contributed by atoms with Gasteiger partial charge in [0.1, 0.15) is 10.6 Å². The lowest BCUT2D eigenvalue weighted by Crippen LogP contribution is -2.34. The van der Waals surface area contributed by atoms with Crippen molar-refractivity contribution in [1.29, 1.82) is 0 Å². The number of hydrogen-bond donors (Lipinski definition) is 2. The molecule has 0 radical (unpaired) electrons. The molecule has 152 valence electrons. The van der Waals surface area contributed by atoms with Crippen LogP contribution in [0.3, 0.4) is 0 Å². The molecule has 1 aromatic heterocycles. The van der Waals surface area contributed by atoms with Crippen LogP contribution in [-0.2, 0) is 14.3 Å². The van der Waals surface area contributed by atoms with E-state index >= 15 is 0 Å². The smallest absolute Gasteiger partial charge is 0.341 e. The topological polar surface area (TPSA) is 92.7 Å². The van der Waals surface area contributed by atoms with E-state index in [-0.39, 0.29) is 12.2 Å². The van der Waals surface area contributed by atoms with Crippen LogP contribution in [0.4, 0.5) is 5.00 Å². The van der Waals surface area contributed by atoms with E-state index in [1.165, 1.54) is 11.3 Å². The number of thiophene rings is 1. The summed E-state index contributed by atoms with van der Waals surface area (Å²) in [6, 6.07) is 7.00. The number of amides is 1. The van der Waals surface area contributed by atoms with Gasteiger partial charge in [-0.3, -0.25) is 9.59 Å². The first-order chi connectivity index (χ1) is 13.9. The molecule has 0 saturated heterocycles. The Morgan fingerprint density at radius 2 is 1.83 bits per heavy atom. The van der Waals surface area contributed by atoms with E-state index in [1.54, 1.807) is 42.6 Å². The number of aliphatic carboxylic acids is 1. The fourth-order valence-corrected chi connectivity index (χ4v) is 4.37. The number of allylic oxidation sites excluding steroid dienone is 2. The Bertz CT molecular complexity index is 950. The lowest BCUT2D eigenvalue weighted by atomic mass is 9.82. The zero-order chi connectivity index (χ0) is 21.0. The normalized spacial score (nSPS) is 18.3. The number of hydrogen-bond acceptors (Lipinski definition) is 5. The van der Waals surface area contributed by atoms with Crippen LogP contribution in [-0.4, -0.2) is 29.6 Å². The molecule has 0 bridgehead atoms. The maximum atomic E-state index is 12.8. The Morgan fingerprint density at radius 3 is 2.45 bits per heavy atom. The highest BCUT2D eigenvalue weighted by Gasteiger charge is 2.35. The van der Waals surface area contributed by atoms with Crippen LogP contribution in [0.2, 0.25) is 5.02 Å². The number of halogens is 1. The highest BCUT2D eigenvalue weighted by molar-refractivity contribution is 7.15. The van der Waals surface area contributed by atoms with Gasteiger partial charge in [0.15, 0.2) is 0 Å². The first kappa shape index (κ1) is 21.1. The zero-order valence-electron chi connectivity index (χ0n) is 15.7. The summed E-state index contributed by atoms with van der Waals surface area (Å²) in [6.45, 7) is 1.90. The van der Waals surface area contributed by atoms with Crippen molar-refractivity contribution in [3.8, 4) is 11.1 Å². The van der Waals surface area contributed by atoms with Crippen LogP contribution >= 0.6 is 22.9 Å². The summed E-state index contributed by atoms with van der Waals surface area (Å²) in [7, 11) is 0. The Balaban J connectivity index is 1.93. The second-order valence-corrected chi connectivity index (χ2v) is 7.88. The highest BCUT2D eigenvalue weighted by atomic mass is 35.5. The van der Waals surface area contributed by atoms with Crippen LogP contribution in [0.25, 0.3) is 11.1 Å². The number of rotatable bonds is 6. The number of esters is 1. The number of anilines is 1. The third-order valence-corrected chi connectivity index (χ3v) is 5.90. The molecule has 2 N–H and O–H groups in total. The van der Waals surface area contributed by atoms with Gasteiger partial charge in [0, 0.05) is 16.0 Å². The number of carbonyl (C=O) groups excluding carboxylic acids is 2. The van der Waals surface area contributed by atoms with Crippen molar-refractivity contribution in [3.63, 3.8) is 0 Å². The lowest BCUT2D eigenvalue weighted by Gasteiger charge is -2.24. The second kappa shape index (κ2) is 9.24. The van der Waals surface area contributed by atoms with E-state index < -0.39 is 29.7 Å². The van der Waals surface area contributed by atoms with Crippen LogP contribution in [0.5, 0.6) is 0 Å². The number of carboxylic acid groups (broad SMARTS) is 1. The summed E-state index contributed by atoms with van der Waals surface area (Å²) < 4.78 is 5.18. The van der Waals surface area contributed by atoms with Gasteiger partial charge in [-0.05, 0) is 37.5 Å². The fourth-order valence-electron chi connectivity index (χ4n) is 3.28. The number of carboxylic acids is 1. The standard InChI is InChI=1S/C21H20ClNO5S/c1-2-28-21(27)17-16(12-7-9-13(22)10-8-12)11-29-19(17)23-18(24)14-5-3-4-6-15(14)20(25)26/h3-4,7-11,14-15H,2,5-6H2,1H3,(H,23,24)(H,25,26)/t14-,15+/m1/s1. The summed E-state index contributed by atoms with van der Waals surface area (Å²) >= 11 is 7.15. The molecule has 2 aromatic rings. The molecule has 8 heteroatoms. The molecule has 6 nitrogen and oxygen atoms in total.